The maximum absolute atomic E-state index is 6.19. The lowest BCUT2D eigenvalue weighted by Crippen LogP contribution is -2.36. The Morgan fingerprint density at radius 3 is 2.85 bits per heavy atom. The van der Waals surface area contributed by atoms with Gasteiger partial charge in [0.25, 0.3) is 0 Å². The summed E-state index contributed by atoms with van der Waals surface area (Å²) in [7, 11) is 0. The van der Waals surface area contributed by atoms with Crippen LogP contribution >= 0.6 is 22.9 Å². The summed E-state index contributed by atoms with van der Waals surface area (Å²) in [6, 6.07) is 13.0. The van der Waals surface area contributed by atoms with Crippen molar-refractivity contribution in [3.63, 3.8) is 0 Å². The van der Waals surface area contributed by atoms with E-state index in [1.807, 2.05) is 18.5 Å². The van der Waals surface area contributed by atoms with Gasteiger partial charge in [-0.25, -0.2) is 0 Å². The average Bonchev–Trinajstić information content (AvgIpc) is 3.20. The molecule has 4 aromatic rings. The Labute approximate surface area is 160 Å². The number of benzene rings is 1. The van der Waals surface area contributed by atoms with Crippen LogP contribution in [0.2, 0.25) is 4.34 Å². The van der Waals surface area contributed by atoms with Crippen molar-refractivity contribution < 1.29 is 0 Å². The van der Waals surface area contributed by atoms with Crippen LogP contribution in [0, 0.1) is 0 Å². The Balaban J connectivity index is 1.74. The monoisotopic (exact) mass is 380 g/mol. The third kappa shape index (κ3) is 2.63. The van der Waals surface area contributed by atoms with Gasteiger partial charge in [-0.3, -0.25) is 9.67 Å². The molecule has 0 spiro atoms. The van der Waals surface area contributed by atoms with E-state index in [1.54, 1.807) is 11.3 Å². The van der Waals surface area contributed by atoms with Gasteiger partial charge >= 0.3 is 0 Å². The molecule has 3 aromatic heterocycles. The molecule has 0 bridgehead atoms. The zero-order valence-corrected chi connectivity index (χ0v) is 15.8. The molecule has 6 heteroatoms. The van der Waals surface area contributed by atoms with Crippen LogP contribution in [0.1, 0.15) is 12.6 Å². The Kier molecular flexibility index (Phi) is 3.81. The molecular weight excluding hydrogens is 364 g/mol. The van der Waals surface area contributed by atoms with E-state index >= 15 is 0 Å². The van der Waals surface area contributed by atoms with Crippen molar-refractivity contribution in [1.82, 2.24) is 20.1 Å². The van der Waals surface area contributed by atoms with E-state index in [2.05, 4.69) is 52.2 Å². The number of nitrogens with zero attached hydrogens (tertiary/aromatic N) is 3. The van der Waals surface area contributed by atoms with Crippen LogP contribution in [-0.2, 0) is 13.1 Å². The number of pyridine rings is 1. The van der Waals surface area contributed by atoms with E-state index in [9.17, 15) is 0 Å². The summed E-state index contributed by atoms with van der Waals surface area (Å²) in [5.74, 6) is 0. The fourth-order valence-electron chi connectivity index (χ4n) is 3.59. The normalized spacial score (nSPS) is 16.8. The summed E-state index contributed by atoms with van der Waals surface area (Å²) in [5.41, 5.74) is 5.71. The van der Waals surface area contributed by atoms with Crippen LogP contribution in [0.5, 0.6) is 0 Å². The topological polar surface area (TPSA) is 42.7 Å². The molecule has 4 nitrogen and oxygen atoms in total. The highest BCUT2D eigenvalue weighted by molar-refractivity contribution is 7.22. The maximum atomic E-state index is 6.19. The van der Waals surface area contributed by atoms with E-state index in [0.717, 1.165) is 34.2 Å². The first kappa shape index (κ1) is 16.0. The molecule has 0 aliphatic carbocycles. The number of rotatable bonds is 2. The average molecular weight is 381 g/mol. The van der Waals surface area contributed by atoms with Gasteiger partial charge in [0.2, 0.25) is 0 Å². The van der Waals surface area contributed by atoms with Gasteiger partial charge in [-0.2, -0.15) is 5.10 Å². The quantitative estimate of drug-likeness (QED) is 0.533. The highest BCUT2D eigenvalue weighted by Crippen LogP contribution is 2.38. The number of halogens is 1. The Bertz CT molecular complexity index is 1100. The van der Waals surface area contributed by atoms with Gasteiger partial charge in [0, 0.05) is 40.8 Å². The van der Waals surface area contributed by atoms with Gasteiger partial charge in [-0.15, -0.1) is 11.3 Å². The van der Waals surface area contributed by atoms with Crippen LogP contribution < -0.4 is 5.32 Å². The molecule has 0 unspecified atom stereocenters. The second kappa shape index (κ2) is 6.20. The minimum atomic E-state index is 0.416. The van der Waals surface area contributed by atoms with E-state index in [0.29, 0.717) is 6.04 Å². The third-order valence-corrected chi connectivity index (χ3v) is 6.08. The van der Waals surface area contributed by atoms with Crippen LogP contribution in [0.25, 0.3) is 32.5 Å². The molecule has 0 saturated heterocycles. The second-order valence-electron chi connectivity index (χ2n) is 6.67. The number of hydrogen-bond donors (Lipinski definition) is 1. The smallest absolute Gasteiger partial charge is 0.101 e. The first-order chi connectivity index (χ1) is 12.7. The molecule has 1 atom stereocenters. The van der Waals surface area contributed by atoms with Crippen molar-refractivity contribution in [1.29, 1.82) is 0 Å². The van der Waals surface area contributed by atoms with E-state index < -0.39 is 0 Å². The number of aromatic nitrogens is 3. The molecule has 0 fully saturated rings. The number of fused-ring (bicyclic) bond motifs is 2. The second-order valence-corrected chi connectivity index (χ2v) is 8.39. The van der Waals surface area contributed by atoms with Gasteiger partial charge in [0.05, 0.1) is 16.6 Å². The van der Waals surface area contributed by atoms with E-state index in [-0.39, 0.29) is 0 Å². The molecule has 1 aromatic carbocycles. The van der Waals surface area contributed by atoms with Crippen LogP contribution in [0.3, 0.4) is 0 Å². The summed E-state index contributed by atoms with van der Waals surface area (Å²) in [6.07, 6.45) is 3.68. The predicted octanol–water partition coefficient (Wildman–Crippen LogP) is 4.97. The number of hydrogen-bond acceptors (Lipinski definition) is 4. The molecular formula is C20H17ClN4S. The van der Waals surface area contributed by atoms with Gasteiger partial charge in [-0.05, 0) is 42.1 Å². The molecule has 5 rings (SSSR count). The summed E-state index contributed by atoms with van der Waals surface area (Å²) >= 11 is 7.80. The fraction of sp³-hybridized carbons (Fsp3) is 0.200. The van der Waals surface area contributed by atoms with Crippen molar-refractivity contribution in [2.75, 3.05) is 0 Å². The van der Waals surface area contributed by atoms with Crippen molar-refractivity contribution >= 4 is 33.0 Å². The fourth-order valence-corrected chi connectivity index (χ4v) is 4.79. The molecule has 0 radical (unpaired) electrons. The summed E-state index contributed by atoms with van der Waals surface area (Å²) in [6.45, 7) is 3.88. The molecule has 1 aliphatic rings. The van der Waals surface area contributed by atoms with Crippen LogP contribution in [0.15, 0.2) is 48.8 Å². The van der Waals surface area contributed by atoms with E-state index in [1.165, 1.54) is 21.3 Å². The zero-order valence-electron chi connectivity index (χ0n) is 14.2. The van der Waals surface area contributed by atoms with Gasteiger partial charge in [0.15, 0.2) is 0 Å². The van der Waals surface area contributed by atoms with E-state index in [4.69, 9.17) is 16.7 Å². The lowest BCUT2D eigenvalue weighted by molar-refractivity contribution is 0.390. The van der Waals surface area contributed by atoms with Gasteiger partial charge in [-0.1, -0.05) is 23.7 Å². The van der Waals surface area contributed by atoms with Crippen molar-refractivity contribution in [3.8, 4) is 22.4 Å². The zero-order chi connectivity index (χ0) is 17.7. The highest BCUT2D eigenvalue weighted by Gasteiger charge is 2.24. The minimum absolute atomic E-state index is 0.416. The summed E-state index contributed by atoms with van der Waals surface area (Å²) < 4.78 is 4.15. The Hall–Kier alpha value is -2.21. The lowest BCUT2D eigenvalue weighted by Gasteiger charge is -2.22. The van der Waals surface area contributed by atoms with Crippen LogP contribution in [-0.4, -0.2) is 20.8 Å². The van der Waals surface area contributed by atoms with Crippen LogP contribution in [0.4, 0.5) is 0 Å². The predicted molar refractivity (Wildman–Crippen MR) is 108 cm³/mol. The highest BCUT2D eigenvalue weighted by atomic mass is 35.5. The van der Waals surface area contributed by atoms with Crippen molar-refractivity contribution in [3.05, 3.63) is 58.8 Å². The molecule has 0 saturated carbocycles. The molecule has 0 amide bonds. The molecule has 1 N–H and O–H groups in total. The molecule has 4 heterocycles. The number of nitrogens with one attached hydrogen (secondary N) is 1. The third-order valence-electron chi connectivity index (χ3n) is 4.85. The molecule has 26 heavy (non-hydrogen) atoms. The number of thiophene rings is 1. The summed E-state index contributed by atoms with van der Waals surface area (Å²) in [4.78, 5) is 4.17. The van der Waals surface area contributed by atoms with Gasteiger partial charge < -0.3 is 5.32 Å². The maximum Gasteiger partial charge on any atom is 0.101 e. The molecule has 130 valence electrons. The van der Waals surface area contributed by atoms with Crippen molar-refractivity contribution in [2.24, 2.45) is 0 Å². The lowest BCUT2D eigenvalue weighted by atomic mass is 9.98. The Morgan fingerprint density at radius 2 is 2.00 bits per heavy atom. The largest absolute Gasteiger partial charge is 0.307 e. The summed E-state index contributed by atoms with van der Waals surface area (Å²) in [5, 5.41) is 9.72. The van der Waals surface area contributed by atoms with Gasteiger partial charge in [0.1, 0.15) is 5.69 Å². The Morgan fingerprint density at radius 1 is 1.15 bits per heavy atom. The van der Waals surface area contributed by atoms with Crippen molar-refractivity contribution in [2.45, 2.75) is 26.1 Å². The minimum Gasteiger partial charge on any atom is -0.307 e. The molecule has 1 aliphatic heterocycles. The SMILES string of the molecule is C[C@@H]1Cn2nc(-c3ccc4cc(Cl)sc4c3)c(-c3ccncc3)c2CN1. The first-order valence-corrected chi connectivity index (χ1v) is 9.81. The standard InChI is InChI=1S/C20H17ClN4S/c1-12-11-25-16(10-23-12)19(13-4-6-22-7-5-13)20(24-25)15-3-2-14-9-18(21)26-17(14)8-15/h2-9,12,23H,10-11H2,1H3/t12-/m1/s1. The first-order valence-electron chi connectivity index (χ1n) is 8.62.